The van der Waals surface area contributed by atoms with E-state index in [4.69, 9.17) is 4.42 Å². The van der Waals surface area contributed by atoms with Crippen molar-refractivity contribution in [1.29, 1.82) is 0 Å². The first kappa shape index (κ1) is 15.5. The summed E-state index contributed by atoms with van der Waals surface area (Å²) in [5.74, 6) is 0.678. The van der Waals surface area contributed by atoms with Crippen LogP contribution >= 0.6 is 11.3 Å². The fraction of sp³-hybridized carbons (Fsp3) is 0.0556. The monoisotopic (exact) mass is 352 g/mol. The van der Waals surface area contributed by atoms with Gasteiger partial charge in [-0.2, -0.15) is 0 Å². The Morgan fingerprint density at radius 2 is 1.88 bits per heavy atom. The molecule has 0 aliphatic heterocycles. The molecular formula is C18H13FN4OS. The van der Waals surface area contributed by atoms with Crippen LogP contribution in [0, 0.1) is 12.7 Å². The summed E-state index contributed by atoms with van der Waals surface area (Å²) in [5, 5.41) is 13.4. The summed E-state index contributed by atoms with van der Waals surface area (Å²) in [6.45, 7) is 1.75. The van der Waals surface area contributed by atoms with Crippen LogP contribution < -0.4 is 5.32 Å². The number of benzene rings is 2. The van der Waals surface area contributed by atoms with Crippen LogP contribution in [0.5, 0.6) is 0 Å². The average Bonchev–Trinajstić information content (AvgIpc) is 3.26. The van der Waals surface area contributed by atoms with Crippen molar-refractivity contribution in [3.8, 4) is 22.7 Å². The predicted molar refractivity (Wildman–Crippen MR) is 95.3 cm³/mol. The summed E-state index contributed by atoms with van der Waals surface area (Å²) in [6.07, 6.45) is 0. The molecule has 0 aliphatic rings. The van der Waals surface area contributed by atoms with E-state index in [9.17, 15) is 4.39 Å². The van der Waals surface area contributed by atoms with Crippen LogP contribution in [-0.2, 0) is 0 Å². The van der Waals surface area contributed by atoms with E-state index in [1.807, 2.05) is 29.6 Å². The second-order valence-electron chi connectivity index (χ2n) is 5.35. The number of thiazole rings is 1. The molecule has 25 heavy (non-hydrogen) atoms. The Balaban J connectivity index is 1.61. The first-order valence-corrected chi connectivity index (χ1v) is 8.45. The van der Waals surface area contributed by atoms with Crippen LogP contribution in [0.25, 0.3) is 22.7 Å². The zero-order valence-electron chi connectivity index (χ0n) is 13.2. The molecule has 0 bridgehead atoms. The molecule has 2 aromatic carbocycles. The van der Waals surface area contributed by atoms with E-state index in [2.05, 4.69) is 20.5 Å². The third-order valence-corrected chi connectivity index (χ3v) is 4.31. The molecule has 5 nitrogen and oxygen atoms in total. The maximum absolute atomic E-state index is 13.7. The topological polar surface area (TPSA) is 63.8 Å². The molecule has 0 saturated carbocycles. The molecule has 0 amide bonds. The minimum absolute atomic E-state index is 0.312. The molecule has 0 fully saturated rings. The quantitative estimate of drug-likeness (QED) is 0.557. The minimum Gasteiger partial charge on any atom is -0.421 e. The number of halogens is 1. The van der Waals surface area contributed by atoms with E-state index >= 15 is 0 Å². The second kappa shape index (κ2) is 6.45. The van der Waals surface area contributed by atoms with Gasteiger partial charge in [0.1, 0.15) is 5.82 Å². The van der Waals surface area contributed by atoms with E-state index in [-0.39, 0.29) is 5.82 Å². The van der Waals surface area contributed by atoms with Gasteiger partial charge < -0.3 is 9.73 Å². The number of nitrogens with zero attached hydrogens (tertiary/aromatic N) is 3. The highest BCUT2D eigenvalue weighted by Gasteiger charge is 2.10. The first-order chi connectivity index (χ1) is 12.2. The molecule has 0 atom stereocenters. The van der Waals surface area contributed by atoms with Crippen molar-refractivity contribution >= 4 is 22.2 Å². The van der Waals surface area contributed by atoms with Gasteiger partial charge in [0, 0.05) is 23.4 Å². The van der Waals surface area contributed by atoms with E-state index in [0.717, 1.165) is 16.8 Å². The number of nitrogens with one attached hydrogen (secondary N) is 1. The van der Waals surface area contributed by atoms with Gasteiger partial charge in [-0.05, 0) is 24.3 Å². The van der Waals surface area contributed by atoms with Crippen LogP contribution in [0.2, 0.25) is 0 Å². The summed E-state index contributed by atoms with van der Waals surface area (Å²) >= 11 is 1.41. The van der Waals surface area contributed by atoms with E-state index in [1.54, 1.807) is 25.1 Å². The van der Waals surface area contributed by atoms with Crippen LogP contribution in [0.3, 0.4) is 0 Å². The van der Waals surface area contributed by atoms with Gasteiger partial charge in [-0.25, -0.2) is 9.37 Å². The highest BCUT2D eigenvalue weighted by atomic mass is 32.1. The van der Waals surface area contributed by atoms with Crippen molar-refractivity contribution in [3.63, 3.8) is 0 Å². The molecule has 4 rings (SSSR count). The smallest absolute Gasteiger partial charge is 0.247 e. The van der Waals surface area contributed by atoms with Gasteiger partial charge in [0.2, 0.25) is 11.8 Å². The fourth-order valence-corrected chi connectivity index (χ4v) is 3.10. The van der Waals surface area contributed by atoms with Crippen molar-refractivity contribution < 1.29 is 8.81 Å². The highest BCUT2D eigenvalue weighted by Crippen LogP contribution is 2.30. The number of hydrogen-bond donors (Lipinski definition) is 1. The Morgan fingerprint density at radius 3 is 2.68 bits per heavy atom. The van der Waals surface area contributed by atoms with Gasteiger partial charge in [-0.1, -0.05) is 24.3 Å². The lowest BCUT2D eigenvalue weighted by atomic mass is 10.1. The molecule has 0 radical (unpaired) electrons. The summed E-state index contributed by atoms with van der Waals surface area (Å²) < 4.78 is 19.2. The lowest BCUT2D eigenvalue weighted by molar-refractivity contribution is 0.533. The van der Waals surface area contributed by atoms with Gasteiger partial charge in [0.25, 0.3) is 0 Å². The Morgan fingerprint density at radius 1 is 1.04 bits per heavy atom. The van der Waals surface area contributed by atoms with Gasteiger partial charge >= 0.3 is 0 Å². The van der Waals surface area contributed by atoms with E-state index in [1.165, 1.54) is 17.4 Å². The van der Waals surface area contributed by atoms with Crippen molar-refractivity contribution in [3.05, 3.63) is 65.6 Å². The lowest BCUT2D eigenvalue weighted by Crippen LogP contribution is -1.92. The lowest BCUT2D eigenvalue weighted by Gasteiger charge is -2.03. The van der Waals surface area contributed by atoms with Crippen molar-refractivity contribution in [1.82, 2.24) is 15.2 Å². The Kier molecular flexibility index (Phi) is 3.99. The zero-order valence-corrected chi connectivity index (χ0v) is 14.0. The first-order valence-electron chi connectivity index (χ1n) is 7.57. The number of para-hydroxylation sites is 1. The molecule has 0 saturated heterocycles. The third-order valence-electron chi connectivity index (χ3n) is 3.55. The van der Waals surface area contributed by atoms with Crippen LogP contribution in [0.15, 0.2) is 58.3 Å². The maximum atomic E-state index is 13.7. The zero-order chi connectivity index (χ0) is 17.2. The SMILES string of the molecule is Cc1nnc(-c2cccc(-c3csc(Nc4ccccc4F)n3)c2)o1. The van der Waals surface area contributed by atoms with Crippen molar-refractivity contribution in [2.24, 2.45) is 0 Å². The summed E-state index contributed by atoms with van der Waals surface area (Å²) in [7, 11) is 0. The van der Waals surface area contributed by atoms with Gasteiger partial charge in [-0.15, -0.1) is 21.5 Å². The standard InChI is InChI=1S/C18H13FN4OS/c1-11-22-23-17(24-11)13-6-4-5-12(9-13)16-10-25-18(21-16)20-15-8-3-2-7-14(15)19/h2-10H,1H3,(H,20,21). The van der Waals surface area contributed by atoms with Crippen LogP contribution in [0.1, 0.15) is 5.89 Å². The highest BCUT2D eigenvalue weighted by molar-refractivity contribution is 7.14. The second-order valence-corrected chi connectivity index (χ2v) is 6.21. The van der Waals surface area contributed by atoms with Crippen LogP contribution in [0.4, 0.5) is 15.2 Å². The Hall–Kier alpha value is -3.06. The molecule has 2 aromatic heterocycles. The molecular weight excluding hydrogens is 339 g/mol. The molecule has 0 spiro atoms. The molecule has 124 valence electrons. The molecule has 7 heteroatoms. The fourth-order valence-electron chi connectivity index (χ4n) is 2.37. The van der Waals surface area contributed by atoms with Gasteiger partial charge in [0.05, 0.1) is 11.4 Å². The number of aromatic nitrogens is 3. The van der Waals surface area contributed by atoms with Gasteiger partial charge in [0.15, 0.2) is 5.13 Å². The molecule has 0 aliphatic carbocycles. The molecule has 4 aromatic rings. The summed E-state index contributed by atoms with van der Waals surface area (Å²) in [4.78, 5) is 4.53. The predicted octanol–water partition coefficient (Wildman–Crippen LogP) is 5.05. The van der Waals surface area contributed by atoms with E-state index < -0.39 is 0 Å². The third kappa shape index (κ3) is 3.27. The summed E-state index contributed by atoms with van der Waals surface area (Å²) in [5.41, 5.74) is 2.95. The van der Waals surface area contributed by atoms with Gasteiger partial charge in [-0.3, -0.25) is 0 Å². The Bertz CT molecular complexity index is 1030. The maximum Gasteiger partial charge on any atom is 0.247 e. The average molecular weight is 352 g/mol. The number of anilines is 2. The molecule has 1 N–H and O–H groups in total. The normalized spacial score (nSPS) is 10.8. The van der Waals surface area contributed by atoms with Crippen molar-refractivity contribution in [2.45, 2.75) is 6.92 Å². The minimum atomic E-state index is -0.312. The molecule has 2 heterocycles. The van der Waals surface area contributed by atoms with Crippen molar-refractivity contribution in [2.75, 3.05) is 5.32 Å². The largest absolute Gasteiger partial charge is 0.421 e. The van der Waals surface area contributed by atoms with Crippen LogP contribution in [-0.4, -0.2) is 15.2 Å². The number of rotatable bonds is 4. The summed E-state index contributed by atoms with van der Waals surface area (Å²) in [6, 6.07) is 14.2. The van der Waals surface area contributed by atoms with E-state index in [0.29, 0.717) is 22.6 Å². The number of aryl methyl sites for hydroxylation is 1. The number of hydrogen-bond acceptors (Lipinski definition) is 6. The molecule has 0 unspecified atom stereocenters. The Labute approximate surface area is 147 Å².